The molecule has 1 aromatic rings. The second kappa shape index (κ2) is 3.81. The Hall–Kier alpha value is -1.10. The minimum atomic E-state index is -4.73. The number of hydrogen-bond donors (Lipinski definition) is 1. The Labute approximate surface area is 84.3 Å². The Balaban J connectivity index is 3.17. The van der Waals surface area contributed by atoms with Crippen LogP contribution in [0.5, 0.6) is 0 Å². The second-order valence-electron chi connectivity index (χ2n) is 3.41. The lowest BCUT2D eigenvalue weighted by Crippen LogP contribution is -2.20. The van der Waals surface area contributed by atoms with Gasteiger partial charge in [-0.15, -0.1) is 0 Å². The molecular weight excluding hydrogens is 212 g/mol. The first-order valence-corrected chi connectivity index (χ1v) is 4.25. The van der Waals surface area contributed by atoms with Gasteiger partial charge >= 0.3 is 6.18 Å². The molecule has 0 fully saturated rings. The third-order valence-electron chi connectivity index (χ3n) is 2.08. The van der Waals surface area contributed by atoms with Crippen molar-refractivity contribution in [2.75, 3.05) is 0 Å². The van der Waals surface area contributed by atoms with Crippen molar-refractivity contribution in [1.29, 1.82) is 0 Å². The zero-order valence-corrected chi connectivity index (χ0v) is 8.19. The summed E-state index contributed by atoms with van der Waals surface area (Å²) in [5, 5.41) is 8.95. The summed E-state index contributed by atoms with van der Waals surface area (Å²) in [6, 6.07) is 2.00. The lowest BCUT2D eigenvalue weighted by atomic mass is 10.0. The van der Waals surface area contributed by atoms with E-state index in [0.717, 1.165) is 12.1 Å². The third-order valence-corrected chi connectivity index (χ3v) is 2.08. The zero-order valence-electron chi connectivity index (χ0n) is 8.19. The molecule has 84 valence electrons. The van der Waals surface area contributed by atoms with E-state index in [1.165, 1.54) is 13.8 Å². The summed E-state index contributed by atoms with van der Waals surface area (Å²) >= 11 is 0. The SMILES string of the molecule is Cc1cc([C@@H](O)C(F)(F)F)cc(C)c1F. The molecule has 1 atom stereocenters. The first kappa shape index (κ1) is 12.0. The van der Waals surface area contributed by atoms with Crippen LogP contribution in [-0.4, -0.2) is 11.3 Å². The highest BCUT2D eigenvalue weighted by molar-refractivity contribution is 5.32. The zero-order chi connectivity index (χ0) is 11.8. The number of alkyl halides is 3. The summed E-state index contributed by atoms with van der Waals surface area (Å²) < 4.78 is 49.6. The maximum Gasteiger partial charge on any atom is 0.418 e. The molecule has 1 aromatic carbocycles. The summed E-state index contributed by atoms with van der Waals surface area (Å²) in [6.07, 6.45) is -7.29. The largest absolute Gasteiger partial charge is 0.418 e. The Morgan fingerprint density at radius 3 is 1.87 bits per heavy atom. The van der Waals surface area contributed by atoms with Crippen molar-refractivity contribution in [3.05, 3.63) is 34.6 Å². The summed E-state index contributed by atoms with van der Waals surface area (Å²) in [7, 11) is 0. The van der Waals surface area contributed by atoms with Crippen LogP contribution in [-0.2, 0) is 0 Å². The molecule has 0 aromatic heterocycles. The van der Waals surface area contributed by atoms with Crippen LogP contribution in [0.1, 0.15) is 22.8 Å². The van der Waals surface area contributed by atoms with Crippen molar-refractivity contribution in [3.63, 3.8) is 0 Å². The van der Waals surface area contributed by atoms with Gasteiger partial charge in [0, 0.05) is 0 Å². The summed E-state index contributed by atoms with van der Waals surface area (Å²) in [5.41, 5.74) is -0.152. The van der Waals surface area contributed by atoms with Gasteiger partial charge in [-0.1, -0.05) is 12.1 Å². The molecule has 0 bridgehead atoms. The Bertz CT molecular complexity index is 347. The predicted molar refractivity (Wildman–Crippen MR) is 46.9 cm³/mol. The van der Waals surface area contributed by atoms with E-state index in [4.69, 9.17) is 5.11 Å². The topological polar surface area (TPSA) is 20.2 Å². The normalized spacial score (nSPS) is 14.1. The lowest BCUT2D eigenvalue weighted by molar-refractivity contribution is -0.206. The first-order valence-electron chi connectivity index (χ1n) is 4.25. The number of aliphatic hydroxyl groups excluding tert-OH is 1. The number of hydrogen-bond acceptors (Lipinski definition) is 1. The fourth-order valence-electron chi connectivity index (χ4n) is 1.33. The average molecular weight is 222 g/mol. The maximum atomic E-state index is 13.1. The molecule has 0 aliphatic rings. The van der Waals surface area contributed by atoms with Gasteiger partial charge in [-0.2, -0.15) is 13.2 Å². The molecule has 1 N–H and O–H groups in total. The molecule has 0 radical (unpaired) electrons. The number of aliphatic hydroxyl groups is 1. The number of rotatable bonds is 1. The number of benzene rings is 1. The van der Waals surface area contributed by atoms with Crippen molar-refractivity contribution in [3.8, 4) is 0 Å². The van der Waals surface area contributed by atoms with Crippen LogP contribution in [0.15, 0.2) is 12.1 Å². The van der Waals surface area contributed by atoms with Crippen LogP contribution in [0, 0.1) is 19.7 Å². The molecule has 0 saturated carbocycles. The number of halogens is 4. The van der Waals surface area contributed by atoms with Gasteiger partial charge < -0.3 is 5.11 Å². The predicted octanol–water partition coefficient (Wildman–Crippen LogP) is 3.04. The van der Waals surface area contributed by atoms with Crippen LogP contribution in [0.3, 0.4) is 0 Å². The van der Waals surface area contributed by atoms with E-state index in [-0.39, 0.29) is 16.7 Å². The summed E-state index contributed by atoms with van der Waals surface area (Å²) in [4.78, 5) is 0. The molecule has 0 heterocycles. The van der Waals surface area contributed by atoms with E-state index in [0.29, 0.717) is 0 Å². The quantitative estimate of drug-likeness (QED) is 0.724. The van der Waals surface area contributed by atoms with Gasteiger partial charge in [0.15, 0.2) is 6.10 Å². The smallest absolute Gasteiger partial charge is 0.379 e. The van der Waals surface area contributed by atoms with Gasteiger partial charge in [0.05, 0.1) is 0 Å². The number of aryl methyl sites for hydroxylation is 2. The van der Waals surface area contributed by atoms with Gasteiger partial charge in [-0.3, -0.25) is 0 Å². The molecular formula is C10H10F4O. The Morgan fingerprint density at radius 1 is 1.13 bits per heavy atom. The van der Waals surface area contributed by atoms with Crippen molar-refractivity contribution >= 4 is 0 Å². The van der Waals surface area contributed by atoms with Gasteiger partial charge in [0.25, 0.3) is 0 Å². The minimum Gasteiger partial charge on any atom is -0.379 e. The van der Waals surface area contributed by atoms with E-state index in [1.807, 2.05) is 0 Å². The highest BCUT2D eigenvalue weighted by Gasteiger charge is 2.39. The first-order chi connectivity index (χ1) is 6.73. The van der Waals surface area contributed by atoms with Crippen molar-refractivity contribution in [1.82, 2.24) is 0 Å². The molecule has 0 saturated heterocycles. The van der Waals surface area contributed by atoms with E-state index >= 15 is 0 Å². The third kappa shape index (κ3) is 2.47. The van der Waals surface area contributed by atoms with E-state index < -0.39 is 18.1 Å². The monoisotopic (exact) mass is 222 g/mol. The molecule has 0 unspecified atom stereocenters. The lowest BCUT2D eigenvalue weighted by Gasteiger charge is -2.16. The Morgan fingerprint density at radius 2 is 1.53 bits per heavy atom. The van der Waals surface area contributed by atoms with E-state index in [9.17, 15) is 17.6 Å². The van der Waals surface area contributed by atoms with Crippen LogP contribution in [0.25, 0.3) is 0 Å². The van der Waals surface area contributed by atoms with Gasteiger partial charge in [0.2, 0.25) is 0 Å². The van der Waals surface area contributed by atoms with E-state index in [1.54, 1.807) is 0 Å². The maximum absolute atomic E-state index is 13.1. The Kier molecular flexibility index (Phi) is 3.04. The van der Waals surface area contributed by atoms with Crippen molar-refractivity contribution in [2.24, 2.45) is 0 Å². The molecule has 15 heavy (non-hydrogen) atoms. The molecule has 0 aliphatic heterocycles. The fourth-order valence-corrected chi connectivity index (χ4v) is 1.33. The molecule has 1 rings (SSSR count). The summed E-state index contributed by atoms with van der Waals surface area (Å²) in [5.74, 6) is -0.548. The van der Waals surface area contributed by atoms with Gasteiger partial charge in [0.1, 0.15) is 5.82 Å². The van der Waals surface area contributed by atoms with Crippen molar-refractivity contribution in [2.45, 2.75) is 26.1 Å². The van der Waals surface area contributed by atoms with Crippen LogP contribution in [0.2, 0.25) is 0 Å². The van der Waals surface area contributed by atoms with Gasteiger partial charge in [-0.25, -0.2) is 4.39 Å². The van der Waals surface area contributed by atoms with Crippen LogP contribution >= 0.6 is 0 Å². The molecule has 1 nitrogen and oxygen atoms in total. The highest BCUT2D eigenvalue weighted by Crippen LogP contribution is 2.33. The summed E-state index contributed by atoms with van der Waals surface area (Å²) in [6.45, 7) is 2.71. The molecule has 0 aliphatic carbocycles. The molecule has 0 amide bonds. The van der Waals surface area contributed by atoms with Crippen LogP contribution < -0.4 is 0 Å². The fraction of sp³-hybridized carbons (Fsp3) is 0.400. The van der Waals surface area contributed by atoms with Crippen LogP contribution in [0.4, 0.5) is 17.6 Å². The second-order valence-corrected chi connectivity index (χ2v) is 3.41. The van der Waals surface area contributed by atoms with Gasteiger partial charge in [-0.05, 0) is 30.5 Å². The highest BCUT2D eigenvalue weighted by atomic mass is 19.4. The van der Waals surface area contributed by atoms with E-state index in [2.05, 4.69) is 0 Å². The minimum absolute atomic E-state index is 0.0910. The average Bonchev–Trinajstić information content (AvgIpc) is 2.10. The standard InChI is InChI=1S/C10H10F4O/c1-5-3-7(4-6(2)8(5)11)9(15)10(12,13)14/h3-4,9,15H,1-2H3/t9-/m1/s1. The van der Waals surface area contributed by atoms with Crippen molar-refractivity contribution < 1.29 is 22.7 Å². The molecule has 5 heteroatoms. The molecule has 0 spiro atoms.